The number of nitrogens with one attached hydrogen (secondary N) is 1. The lowest BCUT2D eigenvalue weighted by Crippen LogP contribution is -2.17. The second-order valence-corrected chi connectivity index (χ2v) is 7.21. The molecular formula is C16H16N2O6S. The van der Waals surface area contributed by atoms with Crippen LogP contribution in [-0.4, -0.2) is 32.1 Å². The fourth-order valence-electron chi connectivity index (χ4n) is 2.05. The highest BCUT2D eigenvalue weighted by atomic mass is 32.2. The number of nitrogens with zero attached hydrogens (tertiary/aromatic N) is 1. The fraction of sp³-hybridized carbons (Fsp3) is 0.188. The number of hydrogen-bond acceptors (Lipinski definition) is 6. The average Bonchev–Trinajstić information content (AvgIpc) is 2.60. The summed E-state index contributed by atoms with van der Waals surface area (Å²) in [5.74, 6) is -0.389. The van der Waals surface area contributed by atoms with E-state index in [1.165, 1.54) is 55.6 Å². The first-order valence-electron chi connectivity index (χ1n) is 7.23. The largest absolute Gasteiger partial charge is 0.497 e. The number of benzene rings is 2. The monoisotopic (exact) mass is 364 g/mol. The molecule has 0 fully saturated rings. The summed E-state index contributed by atoms with van der Waals surface area (Å²) in [6, 6.07) is 11.3. The van der Waals surface area contributed by atoms with E-state index >= 15 is 0 Å². The topological polar surface area (TPSA) is 116 Å². The standard InChI is InChI=1S/C16H16N2O6S/c1-24-14-5-7-15(8-6-14)25(22,23)10-9-16(19)17-12-3-2-4-13(11-12)18(20)21/h2-8,11H,9-10H2,1H3,(H,17,19). The Kier molecular flexibility index (Phi) is 5.71. The third-order valence-corrected chi connectivity index (χ3v) is 5.09. The molecule has 9 heteroatoms. The van der Waals surface area contributed by atoms with Gasteiger partial charge < -0.3 is 10.1 Å². The number of sulfone groups is 1. The van der Waals surface area contributed by atoms with E-state index in [4.69, 9.17) is 4.74 Å². The van der Waals surface area contributed by atoms with Crippen LogP contribution in [0.4, 0.5) is 11.4 Å². The van der Waals surface area contributed by atoms with E-state index < -0.39 is 20.7 Å². The van der Waals surface area contributed by atoms with Crippen LogP contribution in [0, 0.1) is 10.1 Å². The molecule has 2 rings (SSSR count). The summed E-state index contributed by atoms with van der Waals surface area (Å²) in [4.78, 5) is 22.1. The zero-order chi connectivity index (χ0) is 18.4. The Bertz CT molecular complexity index is 878. The van der Waals surface area contributed by atoms with Crippen LogP contribution >= 0.6 is 0 Å². The van der Waals surface area contributed by atoms with E-state index in [-0.39, 0.29) is 28.4 Å². The molecule has 1 amide bonds. The first-order valence-corrected chi connectivity index (χ1v) is 8.88. The van der Waals surface area contributed by atoms with Crippen LogP contribution in [0.1, 0.15) is 6.42 Å². The number of amides is 1. The van der Waals surface area contributed by atoms with Gasteiger partial charge in [-0.15, -0.1) is 0 Å². The molecule has 0 aromatic heterocycles. The van der Waals surface area contributed by atoms with E-state index in [9.17, 15) is 23.3 Å². The van der Waals surface area contributed by atoms with Crippen LogP contribution < -0.4 is 10.1 Å². The number of methoxy groups -OCH3 is 1. The second kappa shape index (κ2) is 7.75. The van der Waals surface area contributed by atoms with Crippen LogP contribution in [0.3, 0.4) is 0 Å². The van der Waals surface area contributed by atoms with Crippen molar-refractivity contribution in [1.82, 2.24) is 0 Å². The molecule has 25 heavy (non-hydrogen) atoms. The van der Waals surface area contributed by atoms with Gasteiger partial charge in [-0.2, -0.15) is 0 Å². The summed E-state index contributed by atoms with van der Waals surface area (Å²) in [7, 11) is -2.14. The van der Waals surface area contributed by atoms with Crippen molar-refractivity contribution in [3.8, 4) is 5.75 Å². The Hall–Kier alpha value is -2.94. The number of rotatable bonds is 7. The smallest absolute Gasteiger partial charge is 0.271 e. The zero-order valence-electron chi connectivity index (χ0n) is 13.3. The van der Waals surface area contributed by atoms with E-state index in [1.807, 2.05) is 0 Å². The van der Waals surface area contributed by atoms with Crippen molar-refractivity contribution in [2.75, 3.05) is 18.2 Å². The van der Waals surface area contributed by atoms with Crippen molar-refractivity contribution >= 4 is 27.1 Å². The summed E-state index contributed by atoms with van der Waals surface area (Å²) in [5, 5.41) is 13.2. The van der Waals surface area contributed by atoms with E-state index in [0.29, 0.717) is 5.75 Å². The molecule has 0 aliphatic carbocycles. The molecular weight excluding hydrogens is 348 g/mol. The minimum atomic E-state index is -3.62. The maximum atomic E-state index is 12.2. The number of ether oxygens (including phenoxy) is 1. The molecule has 8 nitrogen and oxygen atoms in total. The third-order valence-electron chi connectivity index (χ3n) is 3.36. The molecule has 0 aliphatic heterocycles. The minimum Gasteiger partial charge on any atom is -0.497 e. The molecule has 0 atom stereocenters. The summed E-state index contributed by atoms with van der Waals surface area (Å²) >= 11 is 0. The Morgan fingerprint density at radius 2 is 1.88 bits per heavy atom. The van der Waals surface area contributed by atoms with Gasteiger partial charge in [-0.1, -0.05) is 6.07 Å². The predicted molar refractivity (Wildman–Crippen MR) is 91.4 cm³/mol. The summed E-state index contributed by atoms with van der Waals surface area (Å²) < 4.78 is 29.4. The molecule has 0 unspecified atom stereocenters. The lowest BCUT2D eigenvalue weighted by Gasteiger charge is -2.07. The van der Waals surface area contributed by atoms with Gasteiger partial charge in [0.25, 0.3) is 5.69 Å². The van der Waals surface area contributed by atoms with Gasteiger partial charge in [0.2, 0.25) is 5.91 Å². The molecule has 0 bridgehead atoms. The molecule has 132 valence electrons. The second-order valence-electron chi connectivity index (χ2n) is 5.10. The first-order chi connectivity index (χ1) is 11.8. The number of hydrogen-bond donors (Lipinski definition) is 1. The highest BCUT2D eigenvalue weighted by Crippen LogP contribution is 2.19. The molecule has 0 aliphatic rings. The summed E-state index contributed by atoms with van der Waals surface area (Å²) in [5.41, 5.74) is 0.0738. The average molecular weight is 364 g/mol. The minimum absolute atomic E-state index is 0.0939. The number of nitro groups is 1. The molecule has 0 saturated carbocycles. The van der Waals surface area contributed by atoms with E-state index in [1.54, 1.807) is 0 Å². The Morgan fingerprint density at radius 3 is 2.48 bits per heavy atom. The van der Waals surface area contributed by atoms with Gasteiger partial charge in [0.1, 0.15) is 5.75 Å². The molecule has 2 aromatic carbocycles. The van der Waals surface area contributed by atoms with Crippen LogP contribution in [-0.2, 0) is 14.6 Å². The van der Waals surface area contributed by atoms with Gasteiger partial charge >= 0.3 is 0 Å². The number of anilines is 1. The van der Waals surface area contributed by atoms with Gasteiger partial charge in [0.05, 0.1) is 22.7 Å². The zero-order valence-corrected chi connectivity index (χ0v) is 14.2. The fourth-order valence-corrected chi connectivity index (χ4v) is 3.29. The molecule has 0 radical (unpaired) electrons. The van der Waals surface area contributed by atoms with Gasteiger partial charge in [-0.25, -0.2) is 8.42 Å². The maximum absolute atomic E-state index is 12.2. The number of carbonyl (C=O) groups is 1. The molecule has 1 N–H and O–H groups in total. The molecule has 2 aromatic rings. The van der Waals surface area contributed by atoms with Crippen LogP contribution in [0.2, 0.25) is 0 Å². The Balaban J connectivity index is 1.98. The molecule has 0 heterocycles. The van der Waals surface area contributed by atoms with Gasteiger partial charge in [-0.05, 0) is 30.3 Å². The molecule has 0 spiro atoms. The summed E-state index contributed by atoms with van der Waals surface area (Å²) in [6.07, 6.45) is -0.267. The normalized spacial score (nSPS) is 10.9. The van der Waals surface area contributed by atoms with Gasteiger partial charge in [-0.3, -0.25) is 14.9 Å². The van der Waals surface area contributed by atoms with E-state index in [2.05, 4.69) is 5.32 Å². The SMILES string of the molecule is COc1ccc(S(=O)(=O)CCC(=O)Nc2cccc([N+](=O)[O-])c2)cc1. The first kappa shape index (κ1) is 18.4. The van der Waals surface area contributed by atoms with Gasteiger partial charge in [0.15, 0.2) is 9.84 Å². The lowest BCUT2D eigenvalue weighted by molar-refractivity contribution is -0.384. The summed E-state index contributed by atoms with van der Waals surface area (Å²) in [6.45, 7) is 0. The van der Waals surface area contributed by atoms with Crippen LogP contribution in [0.25, 0.3) is 0 Å². The number of nitro benzene ring substituents is 1. The Morgan fingerprint density at radius 1 is 1.20 bits per heavy atom. The van der Waals surface area contributed by atoms with Crippen LogP contribution in [0.5, 0.6) is 5.75 Å². The third kappa shape index (κ3) is 5.01. The van der Waals surface area contributed by atoms with Crippen molar-refractivity contribution in [3.63, 3.8) is 0 Å². The highest BCUT2D eigenvalue weighted by Gasteiger charge is 2.17. The van der Waals surface area contributed by atoms with Crippen molar-refractivity contribution in [2.45, 2.75) is 11.3 Å². The predicted octanol–water partition coefficient (Wildman–Crippen LogP) is 2.41. The quantitative estimate of drug-likeness (QED) is 0.596. The van der Waals surface area contributed by atoms with E-state index in [0.717, 1.165) is 0 Å². The number of non-ortho nitro benzene ring substituents is 1. The van der Waals surface area contributed by atoms with Crippen LogP contribution in [0.15, 0.2) is 53.4 Å². The lowest BCUT2D eigenvalue weighted by atomic mass is 10.3. The van der Waals surface area contributed by atoms with Gasteiger partial charge in [0, 0.05) is 24.2 Å². The maximum Gasteiger partial charge on any atom is 0.271 e. The van der Waals surface area contributed by atoms with Crippen molar-refractivity contribution in [1.29, 1.82) is 0 Å². The van der Waals surface area contributed by atoms with Crippen molar-refractivity contribution in [2.24, 2.45) is 0 Å². The number of carbonyl (C=O) groups excluding carboxylic acids is 1. The highest BCUT2D eigenvalue weighted by molar-refractivity contribution is 7.91. The molecule has 0 saturated heterocycles. The van der Waals surface area contributed by atoms with Crippen molar-refractivity contribution in [3.05, 3.63) is 58.6 Å². The van der Waals surface area contributed by atoms with Crippen molar-refractivity contribution < 1.29 is 22.9 Å². The Labute approximate surface area is 144 Å².